The lowest BCUT2D eigenvalue weighted by Gasteiger charge is -2.60. The molecule has 0 heterocycles. The van der Waals surface area contributed by atoms with Crippen molar-refractivity contribution in [1.82, 2.24) is 0 Å². The lowest BCUT2D eigenvalue weighted by molar-refractivity contribution is -0.121. The fraction of sp³-hybridized carbons (Fsp3) is 0.783. The van der Waals surface area contributed by atoms with Gasteiger partial charge in [-0.1, -0.05) is 32.3 Å². The van der Waals surface area contributed by atoms with Gasteiger partial charge in [-0.3, -0.25) is 4.79 Å². The van der Waals surface area contributed by atoms with Crippen molar-refractivity contribution < 1.29 is 9.90 Å². The number of ketones is 1. The normalized spacial score (nSPS) is 51.6. The number of allylic oxidation sites excluding steroid dienone is 1. The van der Waals surface area contributed by atoms with Crippen molar-refractivity contribution in [3.05, 3.63) is 11.6 Å². The molecule has 3 saturated carbocycles. The van der Waals surface area contributed by atoms with Crippen LogP contribution in [0.2, 0.25) is 0 Å². The summed E-state index contributed by atoms with van der Waals surface area (Å²) in [7, 11) is 0. The van der Waals surface area contributed by atoms with Crippen LogP contribution >= 0.6 is 0 Å². The standard InChI is InChI=1S/C23H32O2/c1-5-9-23(25)12-8-19-17-13-15(2)20-14-16(24)6-10-21(20,3)18(17)7-11-22(19,23)4/h14-15,17-19,25H,6-8,10-13H2,1-4H3/t15-,17?,18-,19-,21+,22-,23-/m0/s1. The van der Waals surface area contributed by atoms with Gasteiger partial charge in [0.2, 0.25) is 0 Å². The van der Waals surface area contributed by atoms with Crippen LogP contribution < -0.4 is 0 Å². The SMILES string of the molecule is CC#C[C@]1(O)CC[C@H]2C3C[C@H](C)C4=CC(=O)CC[C@]4(C)[C@H]3CC[C@@]21C. The minimum Gasteiger partial charge on any atom is -0.377 e. The van der Waals surface area contributed by atoms with Crippen LogP contribution in [0.5, 0.6) is 0 Å². The molecular weight excluding hydrogens is 308 g/mol. The third-order valence-corrected chi connectivity index (χ3v) is 8.76. The Morgan fingerprint density at radius 1 is 1.16 bits per heavy atom. The smallest absolute Gasteiger partial charge is 0.155 e. The molecule has 2 nitrogen and oxygen atoms in total. The number of hydrogen-bond acceptors (Lipinski definition) is 2. The van der Waals surface area contributed by atoms with Gasteiger partial charge >= 0.3 is 0 Å². The van der Waals surface area contributed by atoms with Crippen LogP contribution in [0.3, 0.4) is 0 Å². The molecule has 3 fully saturated rings. The Morgan fingerprint density at radius 3 is 2.60 bits per heavy atom. The van der Waals surface area contributed by atoms with Gasteiger partial charge in [-0.25, -0.2) is 0 Å². The van der Waals surface area contributed by atoms with E-state index >= 15 is 0 Å². The van der Waals surface area contributed by atoms with Gasteiger partial charge in [-0.2, -0.15) is 0 Å². The van der Waals surface area contributed by atoms with E-state index < -0.39 is 5.60 Å². The van der Waals surface area contributed by atoms with Crippen LogP contribution in [-0.4, -0.2) is 16.5 Å². The highest BCUT2D eigenvalue weighted by atomic mass is 16.3. The molecule has 1 unspecified atom stereocenters. The maximum absolute atomic E-state index is 12.0. The predicted molar refractivity (Wildman–Crippen MR) is 99.7 cm³/mol. The molecule has 4 rings (SSSR count). The monoisotopic (exact) mass is 340 g/mol. The molecule has 2 heteroatoms. The molecule has 136 valence electrons. The first-order valence-electron chi connectivity index (χ1n) is 10.2. The average Bonchev–Trinajstić information content (AvgIpc) is 2.82. The van der Waals surface area contributed by atoms with E-state index in [1.165, 1.54) is 18.4 Å². The Labute approximate surface area is 152 Å². The zero-order chi connectivity index (χ0) is 18.0. The molecule has 0 amide bonds. The molecule has 25 heavy (non-hydrogen) atoms. The first-order chi connectivity index (χ1) is 11.7. The van der Waals surface area contributed by atoms with Crippen molar-refractivity contribution in [3.8, 4) is 11.8 Å². The number of aliphatic hydroxyl groups is 1. The molecular formula is C23H32O2. The summed E-state index contributed by atoms with van der Waals surface area (Å²) in [5.74, 6) is 8.90. The molecule has 4 aliphatic rings. The topological polar surface area (TPSA) is 37.3 Å². The molecule has 0 aromatic heterocycles. The Hall–Kier alpha value is -1.07. The van der Waals surface area contributed by atoms with Gasteiger partial charge in [0.15, 0.2) is 5.78 Å². The molecule has 7 atom stereocenters. The quantitative estimate of drug-likeness (QED) is 0.658. The molecule has 0 radical (unpaired) electrons. The van der Waals surface area contributed by atoms with E-state index in [-0.39, 0.29) is 10.8 Å². The summed E-state index contributed by atoms with van der Waals surface area (Å²) in [5.41, 5.74) is 0.739. The number of hydrogen-bond donors (Lipinski definition) is 1. The largest absolute Gasteiger partial charge is 0.377 e. The zero-order valence-corrected chi connectivity index (χ0v) is 16.2. The summed E-state index contributed by atoms with van der Waals surface area (Å²) in [4.78, 5) is 12.0. The predicted octanol–water partition coefficient (Wildman–Crippen LogP) is 4.52. The molecule has 4 aliphatic carbocycles. The van der Waals surface area contributed by atoms with Crippen molar-refractivity contribution in [2.75, 3.05) is 0 Å². The molecule has 0 saturated heterocycles. The summed E-state index contributed by atoms with van der Waals surface area (Å²) in [6.45, 7) is 8.89. The van der Waals surface area contributed by atoms with E-state index in [4.69, 9.17) is 0 Å². The average molecular weight is 341 g/mol. The van der Waals surface area contributed by atoms with E-state index in [1.54, 1.807) is 0 Å². The first-order valence-corrected chi connectivity index (χ1v) is 10.2. The lowest BCUT2D eigenvalue weighted by Crippen LogP contribution is -2.55. The molecule has 1 N–H and O–H groups in total. The van der Waals surface area contributed by atoms with Gasteiger partial charge in [0, 0.05) is 11.8 Å². The van der Waals surface area contributed by atoms with Gasteiger partial charge in [0.1, 0.15) is 5.60 Å². The molecule has 0 spiro atoms. The Kier molecular flexibility index (Phi) is 3.79. The van der Waals surface area contributed by atoms with E-state index in [0.717, 1.165) is 25.7 Å². The van der Waals surface area contributed by atoms with Crippen LogP contribution in [0, 0.1) is 46.3 Å². The van der Waals surface area contributed by atoms with E-state index in [1.807, 2.05) is 13.0 Å². The number of fused-ring (bicyclic) bond motifs is 5. The Morgan fingerprint density at radius 2 is 1.88 bits per heavy atom. The third-order valence-electron chi connectivity index (χ3n) is 8.76. The minimum atomic E-state index is -0.805. The van der Waals surface area contributed by atoms with Crippen molar-refractivity contribution in [1.29, 1.82) is 0 Å². The van der Waals surface area contributed by atoms with Crippen LogP contribution in [-0.2, 0) is 4.79 Å². The minimum absolute atomic E-state index is 0.0705. The summed E-state index contributed by atoms with van der Waals surface area (Å²) in [6.07, 6.45) is 9.05. The van der Waals surface area contributed by atoms with E-state index in [9.17, 15) is 9.90 Å². The van der Waals surface area contributed by atoms with E-state index in [0.29, 0.717) is 35.9 Å². The summed E-state index contributed by atoms with van der Waals surface area (Å²) in [6, 6.07) is 0. The van der Waals surface area contributed by atoms with Gasteiger partial charge in [-0.15, -0.1) is 5.92 Å². The fourth-order valence-corrected chi connectivity index (χ4v) is 7.41. The molecule has 0 aromatic rings. The summed E-state index contributed by atoms with van der Waals surface area (Å²) in [5, 5.41) is 11.3. The first kappa shape index (κ1) is 17.3. The number of carbonyl (C=O) groups is 1. The summed E-state index contributed by atoms with van der Waals surface area (Å²) >= 11 is 0. The fourth-order valence-electron chi connectivity index (χ4n) is 7.41. The van der Waals surface area contributed by atoms with Crippen LogP contribution in [0.25, 0.3) is 0 Å². The van der Waals surface area contributed by atoms with Gasteiger partial charge < -0.3 is 5.11 Å². The molecule has 0 bridgehead atoms. The summed E-state index contributed by atoms with van der Waals surface area (Å²) < 4.78 is 0. The maximum Gasteiger partial charge on any atom is 0.155 e. The zero-order valence-electron chi connectivity index (χ0n) is 16.2. The van der Waals surface area contributed by atoms with Crippen molar-refractivity contribution in [2.45, 2.75) is 78.2 Å². The Balaban J connectivity index is 1.73. The molecule has 0 aromatic carbocycles. The van der Waals surface area contributed by atoms with Crippen LogP contribution in [0.15, 0.2) is 11.6 Å². The van der Waals surface area contributed by atoms with Gasteiger partial charge in [0.25, 0.3) is 0 Å². The van der Waals surface area contributed by atoms with Crippen molar-refractivity contribution in [2.24, 2.45) is 34.5 Å². The Bertz CT molecular complexity index is 695. The number of carbonyl (C=O) groups excluding carboxylic acids is 1. The highest BCUT2D eigenvalue weighted by molar-refractivity contribution is 5.91. The second-order valence-electron chi connectivity index (χ2n) is 9.73. The van der Waals surface area contributed by atoms with Gasteiger partial charge in [-0.05, 0) is 80.6 Å². The van der Waals surface area contributed by atoms with Crippen molar-refractivity contribution >= 4 is 5.78 Å². The lowest BCUT2D eigenvalue weighted by atomic mass is 9.45. The molecule has 0 aliphatic heterocycles. The van der Waals surface area contributed by atoms with E-state index in [2.05, 4.69) is 32.6 Å². The second kappa shape index (κ2) is 5.46. The van der Waals surface area contributed by atoms with Crippen molar-refractivity contribution in [3.63, 3.8) is 0 Å². The van der Waals surface area contributed by atoms with Crippen LogP contribution in [0.1, 0.15) is 72.6 Å². The van der Waals surface area contributed by atoms with Gasteiger partial charge in [0.05, 0.1) is 0 Å². The highest BCUT2D eigenvalue weighted by Crippen LogP contribution is 2.68. The van der Waals surface area contributed by atoms with Crippen LogP contribution in [0.4, 0.5) is 0 Å². The highest BCUT2D eigenvalue weighted by Gasteiger charge is 2.64. The maximum atomic E-state index is 12.0. The number of rotatable bonds is 0. The third kappa shape index (κ3) is 2.18. The second-order valence-corrected chi connectivity index (χ2v) is 9.73.